The molecule has 1 aliphatic carbocycles. The Kier molecular flexibility index (Phi) is 4.90. The zero-order valence-electron chi connectivity index (χ0n) is 11.9. The Bertz CT molecular complexity index is 677. The molecule has 0 unspecified atom stereocenters. The van der Waals surface area contributed by atoms with Gasteiger partial charge in [-0.15, -0.1) is 0 Å². The van der Waals surface area contributed by atoms with Crippen molar-refractivity contribution in [2.24, 2.45) is 0 Å². The summed E-state index contributed by atoms with van der Waals surface area (Å²) in [5.74, 6) is -0.817. The number of anilines is 1. The van der Waals surface area contributed by atoms with Gasteiger partial charge in [-0.1, -0.05) is 12.1 Å². The van der Waals surface area contributed by atoms with Crippen molar-refractivity contribution in [1.29, 1.82) is 0 Å². The highest BCUT2D eigenvalue weighted by molar-refractivity contribution is 7.95. The van der Waals surface area contributed by atoms with Gasteiger partial charge < -0.3 is 5.32 Å². The molecule has 8 heteroatoms. The number of nitrogens with one attached hydrogen (secondary N) is 2. The van der Waals surface area contributed by atoms with Crippen molar-refractivity contribution in [3.8, 4) is 0 Å². The lowest BCUT2D eigenvalue weighted by molar-refractivity contribution is 0.593. The Morgan fingerprint density at radius 2 is 1.67 bits per heavy atom. The van der Waals surface area contributed by atoms with Gasteiger partial charge in [0.25, 0.3) is 0 Å². The smallest absolute Gasteiger partial charge is 0.233 e. The third-order valence-electron chi connectivity index (χ3n) is 3.12. The molecule has 0 spiro atoms. The average molecular weight is 332 g/mol. The maximum absolute atomic E-state index is 11.8. The SMILES string of the molecule is CS(=O)(=O)CCS(=O)(=O)Nc1ccc(CNC2CC2)cc1. The molecule has 0 bridgehead atoms. The summed E-state index contributed by atoms with van der Waals surface area (Å²) in [5.41, 5.74) is 1.53. The van der Waals surface area contributed by atoms with Crippen molar-refractivity contribution in [3.05, 3.63) is 29.8 Å². The Morgan fingerprint density at radius 1 is 1.05 bits per heavy atom. The van der Waals surface area contributed by atoms with Gasteiger partial charge in [0, 0.05) is 24.5 Å². The Morgan fingerprint density at radius 3 is 2.19 bits per heavy atom. The third-order valence-corrected chi connectivity index (χ3v) is 5.61. The standard InChI is InChI=1S/C13H20N2O4S2/c1-20(16,17)8-9-21(18,19)15-13-4-2-11(3-5-13)10-14-12-6-7-12/h2-5,12,14-15H,6-10H2,1H3. The number of hydrogen-bond acceptors (Lipinski definition) is 5. The zero-order chi connectivity index (χ0) is 15.5. The van der Waals surface area contributed by atoms with E-state index in [0.29, 0.717) is 11.7 Å². The van der Waals surface area contributed by atoms with Crippen LogP contribution in [0, 0.1) is 0 Å². The molecule has 1 aromatic rings. The second-order valence-electron chi connectivity index (χ2n) is 5.40. The zero-order valence-corrected chi connectivity index (χ0v) is 13.5. The first-order valence-corrected chi connectivity index (χ1v) is 10.5. The van der Waals surface area contributed by atoms with Crippen LogP contribution in [0.5, 0.6) is 0 Å². The molecule has 2 rings (SSSR count). The first kappa shape index (κ1) is 16.3. The van der Waals surface area contributed by atoms with Gasteiger partial charge >= 0.3 is 0 Å². The van der Waals surface area contributed by atoms with Crippen molar-refractivity contribution >= 4 is 25.5 Å². The maximum atomic E-state index is 11.8. The molecule has 0 aromatic heterocycles. The molecule has 21 heavy (non-hydrogen) atoms. The van der Waals surface area contributed by atoms with Crippen LogP contribution in [0.2, 0.25) is 0 Å². The fraction of sp³-hybridized carbons (Fsp3) is 0.538. The number of hydrogen-bond donors (Lipinski definition) is 2. The van der Waals surface area contributed by atoms with E-state index in [2.05, 4.69) is 10.0 Å². The van der Waals surface area contributed by atoms with Crippen molar-refractivity contribution in [2.45, 2.75) is 25.4 Å². The van der Waals surface area contributed by atoms with Gasteiger partial charge in [-0.05, 0) is 30.5 Å². The van der Waals surface area contributed by atoms with Crippen LogP contribution in [0.3, 0.4) is 0 Å². The lowest BCUT2D eigenvalue weighted by atomic mass is 10.2. The third kappa shape index (κ3) is 6.45. The molecule has 1 saturated carbocycles. The fourth-order valence-corrected chi connectivity index (χ4v) is 4.42. The fourth-order valence-electron chi connectivity index (χ4n) is 1.73. The minimum absolute atomic E-state index is 0.383. The lowest BCUT2D eigenvalue weighted by Gasteiger charge is -2.09. The van der Waals surface area contributed by atoms with Gasteiger partial charge in [0.05, 0.1) is 11.5 Å². The summed E-state index contributed by atoms with van der Waals surface area (Å²) in [6.45, 7) is 0.770. The number of sulfonamides is 1. The minimum Gasteiger partial charge on any atom is -0.310 e. The largest absolute Gasteiger partial charge is 0.310 e. The van der Waals surface area contributed by atoms with E-state index in [1.54, 1.807) is 12.1 Å². The number of sulfone groups is 1. The Hall–Kier alpha value is -1.12. The molecule has 0 amide bonds. The maximum Gasteiger partial charge on any atom is 0.233 e. The molecule has 1 aliphatic rings. The van der Waals surface area contributed by atoms with Crippen LogP contribution >= 0.6 is 0 Å². The molecular weight excluding hydrogens is 312 g/mol. The summed E-state index contributed by atoms with van der Waals surface area (Å²) in [7, 11) is -6.93. The number of benzene rings is 1. The molecule has 0 heterocycles. The van der Waals surface area contributed by atoms with E-state index in [-0.39, 0.29) is 5.75 Å². The molecule has 1 aromatic carbocycles. The van der Waals surface area contributed by atoms with Crippen LogP contribution in [0.1, 0.15) is 18.4 Å². The van der Waals surface area contributed by atoms with Gasteiger partial charge in [-0.2, -0.15) is 0 Å². The average Bonchev–Trinajstić information content (AvgIpc) is 3.19. The van der Waals surface area contributed by atoms with Crippen LogP contribution in [0.15, 0.2) is 24.3 Å². The summed E-state index contributed by atoms with van der Waals surface area (Å²) in [6, 6.07) is 7.69. The van der Waals surface area contributed by atoms with Crippen molar-refractivity contribution in [2.75, 3.05) is 22.5 Å². The van der Waals surface area contributed by atoms with Crippen LogP contribution in [-0.4, -0.2) is 40.6 Å². The van der Waals surface area contributed by atoms with Crippen LogP contribution in [0.25, 0.3) is 0 Å². The molecule has 118 valence electrons. The molecule has 1 fully saturated rings. The summed E-state index contributed by atoms with van der Waals surface area (Å²) in [5, 5.41) is 3.37. The first-order valence-electron chi connectivity index (χ1n) is 6.74. The van der Waals surface area contributed by atoms with E-state index in [9.17, 15) is 16.8 Å². The highest BCUT2D eigenvalue weighted by Gasteiger charge is 2.20. The predicted molar refractivity (Wildman–Crippen MR) is 83.4 cm³/mol. The minimum atomic E-state index is -3.64. The highest BCUT2D eigenvalue weighted by atomic mass is 32.2. The number of rotatable bonds is 8. The van der Waals surface area contributed by atoms with E-state index >= 15 is 0 Å². The Balaban J connectivity index is 1.89. The van der Waals surface area contributed by atoms with Crippen molar-refractivity contribution in [1.82, 2.24) is 5.32 Å². The quantitative estimate of drug-likeness (QED) is 0.732. The van der Waals surface area contributed by atoms with E-state index in [4.69, 9.17) is 0 Å². The summed E-state index contributed by atoms with van der Waals surface area (Å²) >= 11 is 0. The summed E-state index contributed by atoms with van der Waals surface area (Å²) < 4.78 is 47.9. The predicted octanol–water partition coefficient (Wildman–Crippen LogP) is 0.725. The summed E-state index contributed by atoms with van der Waals surface area (Å²) in [6.07, 6.45) is 3.46. The lowest BCUT2D eigenvalue weighted by Crippen LogP contribution is -2.22. The second kappa shape index (κ2) is 6.33. The van der Waals surface area contributed by atoms with Gasteiger partial charge in [0.1, 0.15) is 9.84 Å². The topological polar surface area (TPSA) is 92.3 Å². The highest BCUT2D eigenvalue weighted by Crippen LogP contribution is 2.19. The molecular formula is C13H20N2O4S2. The van der Waals surface area contributed by atoms with Gasteiger partial charge in [0.15, 0.2) is 0 Å². The van der Waals surface area contributed by atoms with E-state index < -0.39 is 25.6 Å². The van der Waals surface area contributed by atoms with E-state index in [0.717, 1.165) is 18.4 Å². The van der Waals surface area contributed by atoms with Gasteiger partial charge in [-0.3, -0.25) is 4.72 Å². The van der Waals surface area contributed by atoms with Crippen molar-refractivity contribution in [3.63, 3.8) is 0 Å². The molecule has 0 radical (unpaired) electrons. The van der Waals surface area contributed by atoms with E-state index in [1.807, 2.05) is 12.1 Å². The summed E-state index contributed by atoms with van der Waals surface area (Å²) in [4.78, 5) is 0. The molecule has 0 atom stereocenters. The van der Waals surface area contributed by atoms with Crippen LogP contribution < -0.4 is 10.0 Å². The second-order valence-corrected chi connectivity index (χ2v) is 9.50. The van der Waals surface area contributed by atoms with Crippen molar-refractivity contribution < 1.29 is 16.8 Å². The van der Waals surface area contributed by atoms with Gasteiger partial charge in [-0.25, -0.2) is 16.8 Å². The monoisotopic (exact) mass is 332 g/mol. The first-order chi connectivity index (χ1) is 9.73. The molecule has 2 N–H and O–H groups in total. The van der Waals surface area contributed by atoms with Gasteiger partial charge in [0.2, 0.25) is 10.0 Å². The molecule has 0 saturated heterocycles. The molecule has 0 aliphatic heterocycles. The van der Waals surface area contributed by atoms with E-state index in [1.165, 1.54) is 12.8 Å². The normalized spacial score (nSPS) is 15.9. The molecule has 6 nitrogen and oxygen atoms in total. The van der Waals surface area contributed by atoms with Crippen LogP contribution in [-0.2, 0) is 26.4 Å². The van der Waals surface area contributed by atoms with Crippen LogP contribution in [0.4, 0.5) is 5.69 Å². The Labute approximate surface area is 125 Å².